The Morgan fingerprint density at radius 3 is 2.87 bits per heavy atom. The van der Waals surface area contributed by atoms with Crippen molar-refractivity contribution in [2.75, 3.05) is 34.2 Å². The van der Waals surface area contributed by atoms with Crippen LogP contribution in [0.15, 0.2) is 6.20 Å². The molecular weight excluding hydrogens is 212 g/mol. The third-order valence-electron chi connectivity index (χ3n) is 2.27. The quantitative estimate of drug-likeness (QED) is 0.787. The van der Waals surface area contributed by atoms with Crippen molar-refractivity contribution in [3.63, 3.8) is 0 Å². The Labute approximate surface area is 96.2 Å². The maximum absolute atomic E-state index is 6.07. The molecule has 0 aromatic carbocycles. The van der Waals surface area contributed by atoms with Gasteiger partial charge in [0.2, 0.25) is 0 Å². The predicted molar refractivity (Wildman–Crippen MR) is 63.4 cm³/mol. The van der Waals surface area contributed by atoms with Crippen molar-refractivity contribution >= 4 is 11.6 Å². The van der Waals surface area contributed by atoms with E-state index in [1.165, 1.54) is 0 Å². The van der Waals surface area contributed by atoms with E-state index < -0.39 is 0 Å². The highest BCUT2D eigenvalue weighted by Crippen LogP contribution is 2.15. The van der Waals surface area contributed by atoms with Crippen LogP contribution < -0.4 is 5.32 Å². The van der Waals surface area contributed by atoms with Crippen molar-refractivity contribution in [2.45, 2.75) is 13.0 Å². The fourth-order valence-electron chi connectivity index (χ4n) is 1.37. The largest absolute Gasteiger partial charge is 0.319 e. The lowest BCUT2D eigenvalue weighted by Crippen LogP contribution is -2.21. The lowest BCUT2D eigenvalue weighted by atomic mass is 10.3. The van der Waals surface area contributed by atoms with E-state index in [2.05, 4.69) is 29.4 Å². The molecule has 0 aliphatic carbocycles. The van der Waals surface area contributed by atoms with Crippen LogP contribution in [-0.2, 0) is 13.0 Å². The Bertz CT molecular complexity index is 296. The number of hydrogen-bond acceptors (Lipinski definition) is 3. The molecule has 4 nitrogen and oxygen atoms in total. The van der Waals surface area contributed by atoms with Crippen LogP contribution in [0.5, 0.6) is 0 Å². The molecular formula is C10H19ClN4. The molecule has 0 aliphatic heterocycles. The maximum Gasteiger partial charge on any atom is 0.0818 e. The molecule has 1 aromatic heterocycles. The first-order valence-corrected chi connectivity index (χ1v) is 5.52. The molecule has 1 heterocycles. The third-order valence-corrected chi connectivity index (χ3v) is 2.58. The second-order valence-corrected chi connectivity index (χ2v) is 4.23. The van der Waals surface area contributed by atoms with E-state index >= 15 is 0 Å². The summed E-state index contributed by atoms with van der Waals surface area (Å²) in [5.74, 6) is 0. The summed E-state index contributed by atoms with van der Waals surface area (Å²) in [6, 6.07) is 0. The van der Waals surface area contributed by atoms with E-state index in [1.807, 2.05) is 11.7 Å². The Hall–Kier alpha value is -0.580. The molecule has 0 aliphatic rings. The van der Waals surface area contributed by atoms with Gasteiger partial charge in [-0.2, -0.15) is 5.10 Å². The maximum atomic E-state index is 6.07. The molecule has 0 amide bonds. The molecule has 0 atom stereocenters. The minimum atomic E-state index is 0.768. The molecule has 0 spiro atoms. The third kappa shape index (κ3) is 3.81. The fraction of sp³-hybridized carbons (Fsp3) is 0.700. The first kappa shape index (κ1) is 12.5. The van der Waals surface area contributed by atoms with Crippen molar-refractivity contribution in [3.8, 4) is 0 Å². The van der Waals surface area contributed by atoms with Gasteiger partial charge in [0.1, 0.15) is 0 Å². The van der Waals surface area contributed by atoms with Crippen molar-refractivity contribution in [3.05, 3.63) is 16.9 Å². The number of aromatic nitrogens is 2. The average molecular weight is 231 g/mol. The predicted octanol–water partition coefficient (Wildman–Crippen LogP) is 0.860. The smallest absolute Gasteiger partial charge is 0.0818 e. The summed E-state index contributed by atoms with van der Waals surface area (Å²) in [5.41, 5.74) is 1.12. The van der Waals surface area contributed by atoms with Gasteiger partial charge in [-0.25, -0.2) is 0 Å². The van der Waals surface area contributed by atoms with Crippen LogP contribution in [-0.4, -0.2) is 48.9 Å². The molecule has 86 valence electrons. The number of rotatable bonds is 6. The topological polar surface area (TPSA) is 33.1 Å². The molecule has 5 heteroatoms. The van der Waals surface area contributed by atoms with E-state index in [1.54, 1.807) is 6.20 Å². The summed E-state index contributed by atoms with van der Waals surface area (Å²) < 4.78 is 1.99. The number of hydrogen-bond donors (Lipinski definition) is 1. The van der Waals surface area contributed by atoms with Gasteiger partial charge in [-0.3, -0.25) is 4.68 Å². The first-order chi connectivity index (χ1) is 7.15. The van der Waals surface area contributed by atoms with Gasteiger partial charge in [0.05, 0.1) is 23.5 Å². The van der Waals surface area contributed by atoms with Gasteiger partial charge >= 0.3 is 0 Å². The number of nitrogens with zero attached hydrogens (tertiary/aromatic N) is 3. The molecule has 0 fully saturated rings. The van der Waals surface area contributed by atoms with Crippen molar-refractivity contribution in [1.29, 1.82) is 0 Å². The lowest BCUT2D eigenvalue weighted by Gasteiger charge is -2.12. The van der Waals surface area contributed by atoms with Crippen molar-refractivity contribution in [1.82, 2.24) is 20.0 Å². The zero-order valence-corrected chi connectivity index (χ0v) is 10.4. The van der Waals surface area contributed by atoms with Crippen LogP contribution >= 0.6 is 11.6 Å². The lowest BCUT2D eigenvalue weighted by molar-refractivity contribution is 0.369. The monoisotopic (exact) mass is 230 g/mol. The first-order valence-electron chi connectivity index (χ1n) is 5.14. The highest BCUT2D eigenvalue weighted by atomic mass is 35.5. The zero-order chi connectivity index (χ0) is 11.3. The van der Waals surface area contributed by atoms with Gasteiger partial charge in [-0.15, -0.1) is 0 Å². The van der Waals surface area contributed by atoms with Crippen LogP contribution in [0.2, 0.25) is 5.02 Å². The van der Waals surface area contributed by atoms with Gasteiger partial charge in [-0.05, 0) is 21.1 Å². The fourth-order valence-corrected chi connectivity index (χ4v) is 1.60. The van der Waals surface area contributed by atoms with Crippen LogP contribution in [0.1, 0.15) is 5.69 Å². The SMILES string of the molecule is CNCCc1c(Cl)cnn1CCN(C)C. The Morgan fingerprint density at radius 2 is 2.27 bits per heavy atom. The highest BCUT2D eigenvalue weighted by Gasteiger charge is 2.08. The normalized spacial score (nSPS) is 11.3. The van der Waals surface area contributed by atoms with Crippen LogP contribution in [0.4, 0.5) is 0 Å². The van der Waals surface area contributed by atoms with E-state index in [0.717, 1.165) is 36.8 Å². The van der Waals surface area contributed by atoms with Crippen molar-refractivity contribution < 1.29 is 0 Å². The minimum absolute atomic E-state index is 0.768. The van der Waals surface area contributed by atoms with E-state index in [4.69, 9.17) is 11.6 Å². The van der Waals surface area contributed by atoms with Crippen molar-refractivity contribution in [2.24, 2.45) is 0 Å². The Balaban J connectivity index is 2.61. The van der Waals surface area contributed by atoms with Gasteiger partial charge in [0.25, 0.3) is 0 Å². The summed E-state index contributed by atoms with van der Waals surface area (Å²) in [4.78, 5) is 2.14. The van der Waals surface area contributed by atoms with E-state index in [9.17, 15) is 0 Å². The second-order valence-electron chi connectivity index (χ2n) is 3.82. The van der Waals surface area contributed by atoms with Gasteiger partial charge < -0.3 is 10.2 Å². The minimum Gasteiger partial charge on any atom is -0.319 e. The van der Waals surface area contributed by atoms with Gasteiger partial charge in [0.15, 0.2) is 0 Å². The molecule has 1 aromatic rings. The Morgan fingerprint density at radius 1 is 1.53 bits per heavy atom. The standard InChI is InChI=1S/C10H19ClN4/c1-12-5-4-10-9(11)8-13-15(10)7-6-14(2)3/h8,12H,4-7H2,1-3H3. The zero-order valence-electron chi connectivity index (χ0n) is 9.63. The van der Waals surface area contributed by atoms with Gasteiger partial charge in [0, 0.05) is 19.5 Å². The number of halogens is 1. The summed E-state index contributed by atoms with van der Waals surface area (Å²) in [6.07, 6.45) is 2.64. The van der Waals surface area contributed by atoms with Gasteiger partial charge in [-0.1, -0.05) is 11.6 Å². The molecule has 0 saturated carbocycles. The second kappa shape index (κ2) is 6.10. The molecule has 0 saturated heterocycles. The van der Waals surface area contributed by atoms with Crippen LogP contribution in [0, 0.1) is 0 Å². The number of nitrogens with one attached hydrogen (secondary N) is 1. The Kier molecular flexibility index (Phi) is 5.08. The molecule has 0 bridgehead atoms. The molecule has 0 radical (unpaired) electrons. The molecule has 1 rings (SSSR count). The van der Waals surface area contributed by atoms with Crippen LogP contribution in [0.3, 0.4) is 0 Å². The molecule has 1 N–H and O–H groups in total. The summed E-state index contributed by atoms with van der Waals surface area (Å²) in [5, 5.41) is 8.15. The molecule has 15 heavy (non-hydrogen) atoms. The summed E-state index contributed by atoms with van der Waals surface area (Å²) in [7, 11) is 6.05. The number of likely N-dealkylation sites (N-methyl/N-ethyl adjacent to an activating group) is 2. The summed E-state index contributed by atoms with van der Waals surface area (Å²) in [6.45, 7) is 2.79. The summed E-state index contributed by atoms with van der Waals surface area (Å²) >= 11 is 6.07. The van der Waals surface area contributed by atoms with E-state index in [0.29, 0.717) is 0 Å². The highest BCUT2D eigenvalue weighted by molar-refractivity contribution is 6.31. The van der Waals surface area contributed by atoms with E-state index in [-0.39, 0.29) is 0 Å². The van der Waals surface area contributed by atoms with Crippen LogP contribution in [0.25, 0.3) is 0 Å². The average Bonchev–Trinajstić information content (AvgIpc) is 2.53. The molecule has 0 unspecified atom stereocenters.